The van der Waals surface area contributed by atoms with Crippen molar-refractivity contribution < 1.29 is 19.1 Å². The largest absolute Gasteiger partial charge is 0.375 e. The van der Waals surface area contributed by atoms with Crippen molar-refractivity contribution >= 4 is 11.8 Å². The third-order valence-corrected chi connectivity index (χ3v) is 13.8. The molecule has 2 saturated carbocycles. The molecule has 2 spiro atoms. The van der Waals surface area contributed by atoms with Crippen LogP contribution < -0.4 is 0 Å². The molecule has 53 heavy (non-hydrogen) atoms. The van der Waals surface area contributed by atoms with Gasteiger partial charge in [-0.2, -0.15) is 0 Å². The van der Waals surface area contributed by atoms with Gasteiger partial charge in [0.25, 0.3) is 0 Å². The fraction of sp³-hybridized carbons (Fsp3) is 0.689. The molecule has 0 bridgehead atoms. The lowest BCUT2D eigenvalue weighted by Crippen LogP contribution is -2.58. The summed E-state index contributed by atoms with van der Waals surface area (Å²) in [5.41, 5.74) is 2.36. The van der Waals surface area contributed by atoms with Crippen molar-refractivity contribution in [3.8, 4) is 0 Å². The van der Waals surface area contributed by atoms with E-state index in [1.807, 2.05) is 74.8 Å². The second kappa shape index (κ2) is 17.3. The summed E-state index contributed by atoms with van der Waals surface area (Å²) in [4.78, 5) is 35.4. The average molecular weight is 727 g/mol. The highest BCUT2D eigenvalue weighted by molar-refractivity contribution is 5.79. The van der Waals surface area contributed by atoms with Crippen LogP contribution in [0.15, 0.2) is 60.7 Å². The molecule has 8 heteroatoms. The van der Waals surface area contributed by atoms with Gasteiger partial charge in [0.15, 0.2) is 0 Å². The number of hydrogen-bond donors (Lipinski definition) is 0. The summed E-state index contributed by atoms with van der Waals surface area (Å²) in [6.07, 6.45) is 16.2. The average Bonchev–Trinajstić information content (AvgIpc) is 4.02. The Hall–Kier alpha value is -2.78. The maximum absolute atomic E-state index is 13.0. The van der Waals surface area contributed by atoms with Gasteiger partial charge in [-0.25, -0.2) is 0 Å². The van der Waals surface area contributed by atoms with Crippen LogP contribution >= 0.6 is 0 Å². The molecule has 6 fully saturated rings. The van der Waals surface area contributed by atoms with Gasteiger partial charge in [-0.1, -0.05) is 67.6 Å². The van der Waals surface area contributed by atoms with Gasteiger partial charge in [0.1, 0.15) is 0 Å². The van der Waals surface area contributed by atoms with Gasteiger partial charge in [-0.15, -0.1) is 0 Å². The Kier molecular flexibility index (Phi) is 12.6. The van der Waals surface area contributed by atoms with E-state index in [9.17, 15) is 9.59 Å². The smallest absolute Gasteiger partial charge is 0.227 e. The first-order chi connectivity index (χ1) is 25.7. The van der Waals surface area contributed by atoms with Crippen LogP contribution in [0, 0.1) is 5.92 Å². The van der Waals surface area contributed by atoms with E-state index in [0.717, 1.165) is 62.9 Å². The lowest BCUT2D eigenvalue weighted by molar-refractivity contribution is -0.137. The maximum Gasteiger partial charge on any atom is 0.227 e. The molecule has 8 rings (SSSR count). The Morgan fingerprint density at radius 1 is 0.642 bits per heavy atom. The topological polar surface area (TPSA) is 65.6 Å². The fourth-order valence-corrected chi connectivity index (χ4v) is 10.9. The number of likely N-dealkylation sites (N-methyl/N-ethyl adjacent to an activating group) is 2. The van der Waals surface area contributed by atoms with Gasteiger partial charge in [0.05, 0.1) is 24.0 Å². The van der Waals surface area contributed by atoms with Crippen molar-refractivity contribution in [2.24, 2.45) is 5.92 Å². The Labute approximate surface area is 319 Å². The SMILES string of the molecule is CC1COC2(CCC(N(C)C(=O)Cc3ccccc3)C(N3CCCC3)C2)C1.CN(C(=O)Cc1ccccc1)C1CCC2(CCCO2)CC1N1CCCC1. The van der Waals surface area contributed by atoms with Crippen LogP contribution in [-0.4, -0.2) is 120 Å². The second-order valence-electron chi connectivity index (χ2n) is 17.5. The number of amides is 2. The number of nitrogens with zero attached hydrogens (tertiary/aromatic N) is 4. The third-order valence-electron chi connectivity index (χ3n) is 13.8. The van der Waals surface area contributed by atoms with Crippen molar-refractivity contribution in [3.63, 3.8) is 0 Å². The predicted molar refractivity (Wildman–Crippen MR) is 211 cm³/mol. The van der Waals surface area contributed by atoms with Crippen molar-refractivity contribution in [2.75, 3.05) is 53.5 Å². The van der Waals surface area contributed by atoms with Crippen molar-refractivity contribution in [1.29, 1.82) is 0 Å². The molecule has 7 unspecified atom stereocenters. The molecule has 2 aliphatic carbocycles. The molecule has 290 valence electrons. The monoisotopic (exact) mass is 727 g/mol. The molecule has 0 radical (unpaired) electrons. The molecule has 2 aromatic rings. The zero-order valence-electron chi connectivity index (χ0n) is 32.9. The minimum Gasteiger partial charge on any atom is -0.375 e. The molecule has 8 nitrogen and oxygen atoms in total. The van der Waals surface area contributed by atoms with Crippen LogP contribution in [0.4, 0.5) is 0 Å². The minimum absolute atomic E-state index is 0.0620. The molecule has 0 aromatic heterocycles. The van der Waals surface area contributed by atoms with E-state index in [0.29, 0.717) is 42.9 Å². The number of ether oxygens (including phenoxy) is 2. The summed E-state index contributed by atoms with van der Waals surface area (Å²) in [6.45, 7) is 8.83. The van der Waals surface area contributed by atoms with Crippen LogP contribution in [0.1, 0.15) is 102 Å². The quantitative estimate of drug-likeness (QED) is 0.300. The summed E-state index contributed by atoms with van der Waals surface area (Å²) >= 11 is 0. The molecule has 4 heterocycles. The summed E-state index contributed by atoms with van der Waals surface area (Å²) in [5.74, 6) is 1.15. The van der Waals surface area contributed by atoms with Gasteiger partial charge in [0.2, 0.25) is 11.8 Å². The number of hydrogen-bond acceptors (Lipinski definition) is 6. The van der Waals surface area contributed by atoms with E-state index >= 15 is 0 Å². The molecule has 4 saturated heterocycles. The molecule has 0 N–H and O–H groups in total. The van der Waals surface area contributed by atoms with E-state index in [1.165, 1.54) is 71.1 Å². The first-order valence-corrected chi connectivity index (χ1v) is 21.1. The Bertz CT molecular complexity index is 1470. The third kappa shape index (κ3) is 9.20. The van der Waals surface area contributed by atoms with Gasteiger partial charge in [0, 0.05) is 51.5 Å². The Morgan fingerprint density at radius 2 is 1.11 bits per heavy atom. The van der Waals surface area contributed by atoms with E-state index in [-0.39, 0.29) is 23.0 Å². The highest BCUT2D eigenvalue weighted by atomic mass is 16.5. The molecular formula is C45H66N4O4. The first-order valence-electron chi connectivity index (χ1n) is 21.1. The summed E-state index contributed by atoms with van der Waals surface area (Å²) < 4.78 is 12.6. The second-order valence-corrected chi connectivity index (χ2v) is 17.5. The van der Waals surface area contributed by atoms with E-state index in [1.54, 1.807) is 0 Å². The van der Waals surface area contributed by atoms with Crippen molar-refractivity contribution in [3.05, 3.63) is 71.8 Å². The zero-order valence-corrected chi connectivity index (χ0v) is 32.9. The number of carbonyl (C=O) groups is 2. The molecule has 6 aliphatic rings. The maximum atomic E-state index is 13.0. The van der Waals surface area contributed by atoms with Gasteiger partial charge < -0.3 is 19.3 Å². The Morgan fingerprint density at radius 3 is 1.55 bits per heavy atom. The molecule has 4 aliphatic heterocycles. The summed E-state index contributed by atoms with van der Waals surface area (Å²) in [6, 6.07) is 21.8. The fourth-order valence-electron chi connectivity index (χ4n) is 10.9. The summed E-state index contributed by atoms with van der Waals surface area (Å²) in [7, 11) is 4.04. The van der Waals surface area contributed by atoms with Crippen LogP contribution in [0.3, 0.4) is 0 Å². The lowest BCUT2D eigenvalue weighted by Gasteiger charge is -2.48. The van der Waals surface area contributed by atoms with Gasteiger partial charge in [-0.3, -0.25) is 19.4 Å². The number of carbonyl (C=O) groups excluding carboxylic acids is 2. The van der Waals surface area contributed by atoms with Crippen LogP contribution in [0.5, 0.6) is 0 Å². The molecule has 7 atom stereocenters. The highest BCUT2D eigenvalue weighted by Gasteiger charge is 2.50. The lowest BCUT2D eigenvalue weighted by atomic mass is 9.75. The van der Waals surface area contributed by atoms with Gasteiger partial charge in [-0.05, 0) is 127 Å². The zero-order chi connectivity index (χ0) is 36.8. The van der Waals surface area contributed by atoms with Crippen LogP contribution in [-0.2, 0) is 31.9 Å². The predicted octanol–water partition coefficient (Wildman–Crippen LogP) is 6.75. The Balaban J connectivity index is 0.000000164. The standard InChI is InChI=1S/C23H34N2O2.C22H32N2O2/c1-18-15-23(27-17-18)11-10-20(21(16-23)25-12-6-7-13-25)24(2)22(26)14-19-8-4-3-5-9-19;1-23(21(25)16-18-8-3-2-4-9-18)19-10-12-22(11-7-15-26-22)17-20(19)24-13-5-6-14-24/h3-5,8-9,18,20-21H,6-7,10-17H2,1-2H3;2-4,8-9,19-20H,5-7,10-17H2,1H3. The molecule has 2 aromatic carbocycles. The first kappa shape index (κ1) is 38.5. The number of likely N-dealkylation sites (tertiary alicyclic amines) is 2. The van der Waals surface area contributed by atoms with Crippen LogP contribution in [0.2, 0.25) is 0 Å². The number of benzene rings is 2. The van der Waals surface area contributed by atoms with Crippen molar-refractivity contribution in [1.82, 2.24) is 19.6 Å². The molecule has 2 amide bonds. The summed E-state index contributed by atoms with van der Waals surface area (Å²) in [5, 5.41) is 0. The van der Waals surface area contributed by atoms with Gasteiger partial charge >= 0.3 is 0 Å². The van der Waals surface area contributed by atoms with E-state index in [2.05, 4.69) is 26.5 Å². The number of rotatable bonds is 8. The normalized spacial score (nSPS) is 33.2. The van der Waals surface area contributed by atoms with E-state index < -0.39 is 0 Å². The highest BCUT2D eigenvalue weighted by Crippen LogP contribution is 2.45. The minimum atomic E-state index is 0.0620. The van der Waals surface area contributed by atoms with Crippen LogP contribution in [0.25, 0.3) is 0 Å². The van der Waals surface area contributed by atoms with E-state index in [4.69, 9.17) is 9.47 Å². The molecular weight excluding hydrogens is 661 g/mol. The van der Waals surface area contributed by atoms with Crippen molar-refractivity contribution in [2.45, 2.75) is 139 Å².